The third kappa shape index (κ3) is 1.89. The van der Waals surface area contributed by atoms with Crippen molar-refractivity contribution in [1.82, 2.24) is 9.55 Å². The Morgan fingerprint density at radius 1 is 1.53 bits per heavy atom. The molecule has 0 fully saturated rings. The van der Waals surface area contributed by atoms with Crippen molar-refractivity contribution in [3.8, 4) is 0 Å². The second-order valence-corrected chi connectivity index (χ2v) is 4.20. The van der Waals surface area contributed by atoms with Crippen LogP contribution in [0.3, 0.4) is 0 Å². The van der Waals surface area contributed by atoms with E-state index in [1.54, 1.807) is 18.2 Å². The average molecular weight is 233 g/mol. The molecule has 0 atom stereocenters. The lowest BCUT2D eigenvalue weighted by atomic mass is 10.2. The van der Waals surface area contributed by atoms with Crippen LogP contribution in [0.4, 0.5) is 0 Å². The van der Waals surface area contributed by atoms with Crippen molar-refractivity contribution < 1.29 is 9.90 Å². The first kappa shape index (κ1) is 11.6. The topological polar surface area (TPSA) is 81.1 Å². The second kappa shape index (κ2) is 4.18. The van der Waals surface area contributed by atoms with Crippen LogP contribution >= 0.6 is 0 Å². The molecule has 2 rings (SSSR count). The number of aromatic nitrogens is 2. The van der Waals surface area contributed by atoms with E-state index < -0.39 is 5.97 Å². The number of carboxylic acids is 1. The molecule has 2 aromatic rings. The van der Waals surface area contributed by atoms with Gasteiger partial charge in [-0.15, -0.1) is 0 Å². The number of aromatic carboxylic acids is 1. The molecule has 0 saturated heterocycles. The van der Waals surface area contributed by atoms with E-state index in [0.29, 0.717) is 6.54 Å². The zero-order valence-electron chi connectivity index (χ0n) is 9.84. The first-order valence-electron chi connectivity index (χ1n) is 5.48. The summed E-state index contributed by atoms with van der Waals surface area (Å²) in [6, 6.07) is 5.12. The number of benzene rings is 1. The van der Waals surface area contributed by atoms with Crippen molar-refractivity contribution in [1.29, 1.82) is 0 Å². The molecule has 5 nitrogen and oxygen atoms in total. The Morgan fingerprint density at radius 3 is 2.76 bits per heavy atom. The predicted octanol–water partition coefficient (Wildman–Crippen LogP) is 1.77. The summed E-state index contributed by atoms with van der Waals surface area (Å²) in [6.45, 7) is 4.39. The van der Waals surface area contributed by atoms with Crippen LogP contribution in [-0.4, -0.2) is 20.6 Å². The fourth-order valence-corrected chi connectivity index (χ4v) is 2.00. The van der Waals surface area contributed by atoms with E-state index >= 15 is 0 Å². The molecule has 0 spiro atoms. The summed E-state index contributed by atoms with van der Waals surface area (Å²) >= 11 is 0. The van der Waals surface area contributed by atoms with Gasteiger partial charge in [0, 0.05) is 6.04 Å². The Hall–Kier alpha value is -1.88. The van der Waals surface area contributed by atoms with Crippen molar-refractivity contribution in [2.45, 2.75) is 26.4 Å². The Balaban J connectivity index is 2.73. The maximum Gasteiger partial charge on any atom is 0.335 e. The molecule has 17 heavy (non-hydrogen) atoms. The van der Waals surface area contributed by atoms with E-state index in [0.717, 1.165) is 16.9 Å². The van der Waals surface area contributed by atoms with Gasteiger partial charge in [-0.3, -0.25) is 0 Å². The quantitative estimate of drug-likeness (QED) is 0.846. The molecule has 5 heteroatoms. The van der Waals surface area contributed by atoms with Crippen LogP contribution in [0.15, 0.2) is 18.2 Å². The van der Waals surface area contributed by atoms with Crippen molar-refractivity contribution >= 4 is 17.0 Å². The molecule has 0 aliphatic rings. The summed E-state index contributed by atoms with van der Waals surface area (Å²) in [5.41, 5.74) is 7.52. The Morgan fingerprint density at radius 2 is 2.24 bits per heavy atom. The summed E-state index contributed by atoms with van der Waals surface area (Å²) < 4.78 is 1.97. The van der Waals surface area contributed by atoms with E-state index in [2.05, 4.69) is 4.98 Å². The lowest BCUT2D eigenvalue weighted by Crippen LogP contribution is -2.10. The van der Waals surface area contributed by atoms with E-state index in [9.17, 15) is 4.79 Å². The molecule has 1 aromatic carbocycles. The second-order valence-electron chi connectivity index (χ2n) is 4.20. The van der Waals surface area contributed by atoms with Gasteiger partial charge in [-0.1, -0.05) is 0 Å². The number of nitrogens with zero attached hydrogens (tertiary/aromatic N) is 2. The van der Waals surface area contributed by atoms with Crippen LogP contribution in [-0.2, 0) is 6.54 Å². The third-order valence-corrected chi connectivity index (χ3v) is 2.71. The largest absolute Gasteiger partial charge is 0.478 e. The van der Waals surface area contributed by atoms with Gasteiger partial charge in [0.2, 0.25) is 0 Å². The summed E-state index contributed by atoms with van der Waals surface area (Å²) in [5.74, 6) is -0.157. The molecule has 1 heterocycles. The first-order chi connectivity index (χ1) is 8.04. The summed E-state index contributed by atoms with van der Waals surface area (Å²) in [6.07, 6.45) is 0. The molecule has 0 amide bonds. The number of rotatable bonds is 3. The van der Waals surface area contributed by atoms with Crippen molar-refractivity contribution in [3.63, 3.8) is 0 Å². The minimum absolute atomic E-state index is 0.197. The maximum absolute atomic E-state index is 10.9. The van der Waals surface area contributed by atoms with Gasteiger partial charge in [0.1, 0.15) is 5.82 Å². The monoisotopic (exact) mass is 233 g/mol. The number of carboxylic acid groups (broad SMARTS) is 1. The number of imidazole rings is 1. The zero-order valence-corrected chi connectivity index (χ0v) is 9.84. The van der Waals surface area contributed by atoms with Gasteiger partial charge in [0.15, 0.2) is 0 Å². The zero-order chi connectivity index (χ0) is 12.6. The SMILES string of the molecule is CC(C)n1c(CN)nc2ccc(C(=O)O)cc21. The predicted molar refractivity (Wildman–Crippen MR) is 65.0 cm³/mol. The van der Waals surface area contributed by atoms with Gasteiger partial charge in [0.05, 0.1) is 23.1 Å². The molecular weight excluding hydrogens is 218 g/mol. The average Bonchev–Trinajstić information content (AvgIpc) is 2.65. The molecule has 0 saturated carbocycles. The third-order valence-electron chi connectivity index (χ3n) is 2.71. The lowest BCUT2D eigenvalue weighted by Gasteiger charge is -2.11. The Labute approximate surface area is 98.9 Å². The van der Waals surface area contributed by atoms with Gasteiger partial charge in [0.25, 0.3) is 0 Å². The highest BCUT2D eigenvalue weighted by molar-refractivity contribution is 5.92. The van der Waals surface area contributed by atoms with Crippen molar-refractivity contribution in [2.75, 3.05) is 0 Å². The van der Waals surface area contributed by atoms with Crippen LogP contribution in [0.5, 0.6) is 0 Å². The van der Waals surface area contributed by atoms with Crippen LogP contribution in [0, 0.1) is 0 Å². The smallest absolute Gasteiger partial charge is 0.335 e. The molecule has 0 aliphatic carbocycles. The molecular formula is C12H15N3O2. The molecule has 0 bridgehead atoms. The maximum atomic E-state index is 10.9. The minimum atomic E-state index is -0.933. The van der Waals surface area contributed by atoms with Crippen molar-refractivity contribution in [2.24, 2.45) is 5.73 Å². The number of hydrogen-bond donors (Lipinski definition) is 2. The van der Waals surface area contributed by atoms with E-state index in [1.165, 1.54) is 0 Å². The van der Waals surface area contributed by atoms with Crippen LogP contribution in [0.2, 0.25) is 0 Å². The molecule has 0 aliphatic heterocycles. The number of hydrogen-bond acceptors (Lipinski definition) is 3. The highest BCUT2D eigenvalue weighted by Crippen LogP contribution is 2.22. The highest BCUT2D eigenvalue weighted by Gasteiger charge is 2.14. The highest BCUT2D eigenvalue weighted by atomic mass is 16.4. The summed E-state index contributed by atoms with van der Waals surface area (Å²) in [5, 5.41) is 8.98. The minimum Gasteiger partial charge on any atom is -0.478 e. The van der Waals surface area contributed by atoms with Crippen molar-refractivity contribution in [3.05, 3.63) is 29.6 Å². The van der Waals surface area contributed by atoms with Crippen LogP contribution in [0.1, 0.15) is 36.1 Å². The van der Waals surface area contributed by atoms with Gasteiger partial charge in [-0.25, -0.2) is 9.78 Å². The Kier molecular flexibility index (Phi) is 2.85. The molecule has 90 valence electrons. The molecule has 0 radical (unpaired) electrons. The Bertz CT molecular complexity index is 572. The van der Waals surface area contributed by atoms with Gasteiger partial charge in [-0.2, -0.15) is 0 Å². The van der Waals surface area contributed by atoms with E-state index in [1.807, 2.05) is 18.4 Å². The van der Waals surface area contributed by atoms with E-state index in [4.69, 9.17) is 10.8 Å². The fraction of sp³-hybridized carbons (Fsp3) is 0.333. The fourth-order valence-electron chi connectivity index (χ4n) is 2.00. The van der Waals surface area contributed by atoms with E-state index in [-0.39, 0.29) is 11.6 Å². The van der Waals surface area contributed by atoms with Crippen LogP contribution < -0.4 is 5.73 Å². The number of carbonyl (C=O) groups is 1. The number of fused-ring (bicyclic) bond motifs is 1. The van der Waals surface area contributed by atoms with Crippen LogP contribution in [0.25, 0.3) is 11.0 Å². The number of nitrogens with two attached hydrogens (primary N) is 1. The van der Waals surface area contributed by atoms with Gasteiger partial charge in [-0.05, 0) is 32.0 Å². The first-order valence-corrected chi connectivity index (χ1v) is 5.48. The summed E-state index contributed by atoms with van der Waals surface area (Å²) in [4.78, 5) is 15.3. The summed E-state index contributed by atoms with van der Waals surface area (Å²) in [7, 11) is 0. The molecule has 0 unspecified atom stereocenters. The lowest BCUT2D eigenvalue weighted by molar-refractivity contribution is 0.0697. The normalized spacial score (nSPS) is 11.3. The molecule has 3 N–H and O–H groups in total. The van der Waals surface area contributed by atoms with Gasteiger partial charge >= 0.3 is 5.97 Å². The standard InChI is InChI=1S/C12H15N3O2/c1-7(2)15-10-5-8(12(16)17)3-4-9(10)14-11(15)6-13/h3-5,7H,6,13H2,1-2H3,(H,16,17). The molecule has 1 aromatic heterocycles. The van der Waals surface area contributed by atoms with Gasteiger partial charge < -0.3 is 15.4 Å².